The molecule has 1 aromatic rings. The Hall–Kier alpha value is -0.990. The van der Waals surface area contributed by atoms with Crippen molar-refractivity contribution in [3.05, 3.63) is 12.4 Å². The Balaban J connectivity index is 2.00. The molecule has 1 fully saturated rings. The van der Waals surface area contributed by atoms with Crippen molar-refractivity contribution >= 4 is 5.69 Å². The predicted octanol–water partition coefficient (Wildman–Crippen LogP) is 3.14. The average molecular weight is 221 g/mol. The maximum absolute atomic E-state index is 4.29. The molecule has 1 aromatic heterocycles. The molecule has 0 aromatic carbocycles. The maximum atomic E-state index is 4.29. The second kappa shape index (κ2) is 4.11. The number of nitrogens with one attached hydrogen (secondary N) is 1. The molecule has 0 saturated heterocycles. The standard InChI is InChI=1S/C13H23N3/c1-5-16-9-11(8-14-16)15-12-7-13(3,4)6-10(12)2/h8-10,12,15H,5-7H2,1-4H3. The SMILES string of the molecule is CCn1cc(NC2CC(C)(C)CC2C)cn1. The van der Waals surface area contributed by atoms with E-state index < -0.39 is 0 Å². The van der Waals surface area contributed by atoms with Gasteiger partial charge in [0.1, 0.15) is 0 Å². The molecular formula is C13H23N3. The van der Waals surface area contributed by atoms with Gasteiger partial charge in [0.05, 0.1) is 11.9 Å². The first-order valence-corrected chi connectivity index (χ1v) is 6.29. The van der Waals surface area contributed by atoms with Crippen LogP contribution in [-0.4, -0.2) is 15.8 Å². The van der Waals surface area contributed by atoms with Crippen LogP contribution in [-0.2, 0) is 6.54 Å². The Labute approximate surface area is 98.2 Å². The molecule has 1 aliphatic carbocycles. The average Bonchev–Trinajstić information content (AvgIpc) is 2.72. The van der Waals surface area contributed by atoms with Crippen LogP contribution < -0.4 is 5.32 Å². The lowest BCUT2D eigenvalue weighted by Crippen LogP contribution is -2.22. The molecule has 1 heterocycles. The van der Waals surface area contributed by atoms with E-state index in [1.54, 1.807) is 0 Å². The molecule has 1 N–H and O–H groups in total. The first kappa shape index (κ1) is 11.5. The Morgan fingerprint density at radius 3 is 2.75 bits per heavy atom. The third-order valence-electron chi connectivity index (χ3n) is 3.64. The number of rotatable bonds is 3. The van der Waals surface area contributed by atoms with E-state index in [0.717, 1.165) is 18.2 Å². The van der Waals surface area contributed by atoms with E-state index in [9.17, 15) is 0 Å². The molecule has 1 aliphatic rings. The van der Waals surface area contributed by atoms with Gasteiger partial charge in [0.15, 0.2) is 0 Å². The number of aryl methyl sites for hydroxylation is 1. The highest BCUT2D eigenvalue weighted by molar-refractivity contribution is 5.40. The summed E-state index contributed by atoms with van der Waals surface area (Å²) < 4.78 is 1.97. The molecule has 0 spiro atoms. The van der Waals surface area contributed by atoms with Crippen molar-refractivity contribution in [3.63, 3.8) is 0 Å². The quantitative estimate of drug-likeness (QED) is 0.849. The number of nitrogens with zero attached hydrogens (tertiary/aromatic N) is 2. The van der Waals surface area contributed by atoms with Crippen molar-refractivity contribution in [3.8, 4) is 0 Å². The molecule has 90 valence electrons. The zero-order chi connectivity index (χ0) is 11.8. The summed E-state index contributed by atoms with van der Waals surface area (Å²) in [6.45, 7) is 10.1. The second-order valence-electron chi connectivity index (χ2n) is 5.89. The van der Waals surface area contributed by atoms with Crippen LogP contribution in [0.2, 0.25) is 0 Å². The molecule has 2 unspecified atom stereocenters. The highest BCUT2D eigenvalue weighted by Gasteiger charge is 2.36. The zero-order valence-corrected chi connectivity index (χ0v) is 10.8. The van der Waals surface area contributed by atoms with Gasteiger partial charge in [0.25, 0.3) is 0 Å². The summed E-state index contributed by atoms with van der Waals surface area (Å²) in [5.41, 5.74) is 1.65. The van der Waals surface area contributed by atoms with Gasteiger partial charge in [-0.3, -0.25) is 4.68 Å². The van der Waals surface area contributed by atoms with Crippen LogP contribution in [0.25, 0.3) is 0 Å². The minimum atomic E-state index is 0.484. The molecule has 3 nitrogen and oxygen atoms in total. The van der Waals surface area contributed by atoms with E-state index >= 15 is 0 Å². The Morgan fingerprint density at radius 2 is 2.25 bits per heavy atom. The van der Waals surface area contributed by atoms with E-state index in [0.29, 0.717) is 11.5 Å². The molecule has 2 atom stereocenters. The van der Waals surface area contributed by atoms with Crippen LogP contribution in [0, 0.1) is 11.3 Å². The van der Waals surface area contributed by atoms with E-state index in [-0.39, 0.29) is 0 Å². The van der Waals surface area contributed by atoms with E-state index in [1.807, 2.05) is 10.9 Å². The van der Waals surface area contributed by atoms with Crippen molar-refractivity contribution in [2.45, 2.75) is 53.1 Å². The van der Waals surface area contributed by atoms with E-state index in [2.05, 4.69) is 44.3 Å². The minimum Gasteiger partial charge on any atom is -0.379 e. The molecule has 2 rings (SSSR count). The van der Waals surface area contributed by atoms with Gasteiger partial charge in [-0.05, 0) is 31.1 Å². The third-order valence-corrected chi connectivity index (χ3v) is 3.64. The van der Waals surface area contributed by atoms with Gasteiger partial charge in [0.2, 0.25) is 0 Å². The first-order valence-electron chi connectivity index (χ1n) is 6.29. The van der Waals surface area contributed by atoms with Crippen molar-refractivity contribution in [2.24, 2.45) is 11.3 Å². The summed E-state index contributed by atoms with van der Waals surface area (Å²) in [4.78, 5) is 0. The molecule has 0 aliphatic heterocycles. The van der Waals surface area contributed by atoms with E-state index in [4.69, 9.17) is 0 Å². The van der Waals surface area contributed by atoms with Gasteiger partial charge >= 0.3 is 0 Å². The summed E-state index contributed by atoms with van der Waals surface area (Å²) in [6, 6.07) is 0.601. The number of aromatic nitrogens is 2. The summed E-state index contributed by atoms with van der Waals surface area (Å²) in [5.74, 6) is 0.750. The predicted molar refractivity (Wildman–Crippen MR) is 67.5 cm³/mol. The molecule has 0 radical (unpaired) electrons. The van der Waals surface area contributed by atoms with Gasteiger partial charge in [-0.15, -0.1) is 0 Å². The summed E-state index contributed by atoms with van der Waals surface area (Å²) in [6.07, 6.45) is 6.59. The maximum Gasteiger partial charge on any atom is 0.0728 e. The van der Waals surface area contributed by atoms with Crippen LogP contribution in [0.4, 0.5) is 5.69 Å². The lowest BCUT2D eigenvalue weighted by atomic mass is 9.91. The van der Waals surface area contributed by atoms with Gasteiger partial charge in [-0.1, -0.05) is 20.8 Å². The fraction of sp³-hybridized carbons (Fsp3) is 0.769. The zero-order valence-electron chi connectivity index (χ0n) is 10.8. The summed E-state index contributed by atoms with van der Waals surface area (Å²) in [5, 5.41) is 7.91. The van der Waals surface area contributed by atoms with Gasteiger partial charge < -0.3 is 5.32 Å². The van der Waals surface area contributed by atoms with Crippen LogP contribution in [0.15, 0.2) is 12.4 Å². The van der Waals surface area contributed by atoms with Crippen molar-refractivity contribution in [1.29, 1.82) is 0 Å². The van der Waals surface area contributed by atoms with Crippen molar-refractivity contribution in [2.75, 3.05) is 5.32 Å². The summed E-state index contributed by atoms with van der Waals surface area (Å²) >= 11 is 0. The summed E-state index contributed by atoms with van der Waals surface area (Å²) in [7, 11) is 0. The number of hydrogen-bond acceptors (Lipinski definition) is 2. The monoisotopic (exact) mass is 221 g/mol. The van der Waals surface area contributed by atoms with Gasteiger partial charge in [-0.25, -0.2) is 0 Å². The molecule has 0 amide bonds. The number of hydrogen-bond donors (Lipinski definition) is 1. The Morgan fingerprint density at radius 1 is 1.50 bits per heavy atom. The molecular weight excluding hydrogens is 198 g/mol. The van der Waals surface area contributed by atoms with E-state index in [1.165, 1.54) is 12.8 Å². The molecule has 3 heteroatoms. The van der Waals surface area contributed by atoms with Gasteiger partial charge in [-0.2, -0.15) is 5.10 Å². The third kappa shape index (κ3) is 2.39. The fourth-order valence-corrected chi connectivity index (χ4v) is 2.91. The highest BCUT2D eigenvalue weighted by atomic mass is 15.3. The van der Waals surface area contributed by atoms with Crippen LogP contribution in [0.5, 0.6) is 0 Å². The Bertz CT molecular complexity index is 354. The van der Waals surface area contributed by atoms with Crippen molar-refractivity contribution < 1.29 is 0 Å². The van der Waals surface area contributed by atoms with Crippen LogP contribution >= 0.6 is 0 Å². The molecule has 0 bridgehead atoms. The first-order chi connectivity index (χ1) is 7.50. The minimum absolute atomic E-state index is 0.484. The molecule has 1 saturated carbocycles. The smallest absolute Gasteiger partial charge is 0.0728 e. The number of anilines is 1. The van der Waals surface area contributed by atoms with Crippen molar-refractivity contribution in [1.82, 2.24) is 9.78 Å². The normalized spacial score (nSPS) is 28.2. The topological polar surface area (TPSA) is 29.9 Å². The highest BCUT2D eigenvalue weighted by Crippen LogP contribution is 2.41. The van der Waals surface area contributed by atoms with Gasteiger partial charge in [0, 0.05) is 18.8 Å². The van der Waals surface area contributed by atoms with Crippen LogP contribution in [0.1, 0.15) is 40.5 Å². The second-order valence-corrected chi connectivity index (χ2v) is 5.89. The lowest BCUT2D eigenvalue weighted by molar-refractivity contribution is 0.366. The molecule has 16 heavy (non-hydrogen) atoms. The largest absolute Gasteiger partial charge is 0.379 e. The Kier molecular flexibility index (Phi) is 2.96. The fourth-order valence-electron chi connectivity index (χ4n) is 2.91. The van der Waals surface area contributed by atoms with Crippen LogP contribution in [0.3, 0.4) is 0 Å². The lowest BCUT2D eigenvalue weighted by Gasteiger charge is -2.18.